The maximum atomic E-state index is 12.3. The standard InChI is InChI=1S/C14H22BrNO2S/c1-2-3-11-16(12-10-15)19(17,18)13-9-14-7-5-4-6-8-14/h4-8H,2-3,9-13H2,1H3. The molecule has 0 saturated carbocycles. The van der Waals surface area contributed by atoms with Gasteiger partial charge in [-0.1, -0.05) is 59.6 Å². The lowest BCUT2D eigenvalue weighted by Crippen LogP contribution is -2.35. The highest BCUT2D eigenvalue weighted by Crippen LogP contribution is 2.09. The molecule has 0 spiro atoms. The van der Waals surface area contributed by atoms with E-state index in [4.69, 9.17) is 0 Å². The van der Waals surface area contributed by atoms with Crippen LogP contribution in [0.2, 0.25) is 0 Å². The number of halogens is 1. The van der Waals surface area contributed by atoms with Crippen molar-refractivity contribution < 1.29 is 8.42 Å². The summed E-state index contributed by atoms with van der Waals surface area (Å²) in [4.78, 5) is 0. The molecule has 1 rings (SSSR count). The predicted octanol–water partition coefficient (Wildman–Crippen LogP) is 3.06. The molecule has 0 radical (unpaired) electrons. The lowest BCUT2D eigenvalue weighted by atomic mass is 10.2. The van der Waals surface area contributed by atoms with E-state index in [0.29, 0.717) is 24.8 Å². The van der Waals surface area contributed by atoms with Crippen molar-refractivity contribution >= 4 is 26.0 Å². The van der Waals surface area contributed by atoms with E-state index in [1.165, 1.54) is 0 Å². The molecule has 0 aromatic heterocycles. The normalized spacial score (nSPS) is 11.9. The summed E-state index contributed by atoms with van der Waals surface area (Å²) >= 11 is 3.32. The van der Waals surface area contributed by atoms with Crippen LogP contribution in [-0.2, 0) is 16.4 Å². The second-order valence-electron chi connectivity index (χ2n) is 4.49. The third-order valence-electron chi connectivity index (χ3n) is 2.98. The lowest BCUT2D eigenvalue weighted by Gasteiger charge is -2.21. The molecule has 0 bridgehead atoms. The molecule has 1 aromatic rings. The Labute approximate surface area is 125 Å². The fraction of sp³-hybridized carbons (Fsp3) is 0.571. The first-order valence-electron chi connectivity index (χ1n) is 6.68. The molecule has 0 saturated heterocycles. The summed E-state index contributed by atoms with van der Waals surface area (Å²) < 4.78 is 26.2. The molecule has 0 N–H and O–H groups in total. The maximum absolute atomic E-state index is 12.3. The van der Waals surface area contributed by atoms with E-state index in [-0.39, 0.29) is 5.75 Å². The predicted molar refractivity (Wildman–Crippen MR) is 84.2 cm³/mol. The third-order valence-corrected chi connectivity index (χ3v) is 5.21. The minimum Gasteiger partial charge on any atom is -0.212 e. The number of nitrogens with zero attached hydrogens (tertiary/aromatic N) is 1. The number of hydrogen-bond acceptors (Lipinski definition) is 2. The molecule has 0 aliphatic carbocycles. The van der Waals surface area contributed by atoms with Crippen molar-refractivity contribution in [1.82, 2.24) is 4.31 Å². The quantitative estimate of drug-likeness (QED) is 0.643. The smallest absolute Gasteiger partial charge is 0.212 e. The first-order chi connectivity index (χ1) is 9.10. The topological polar surface area (TPSA) is 37.4 Å². The van der Waals surface area contributed by atoms with E-state index in [2.05, 4.69) is 22.9 Å². The number of benzene rings is 1. The van der Waals surface area contributed by atoms with Gasteiger partial charge in [0.25, 0.3) is 0 Å². The SMILES string of the molecule is CCCCN(CCBr)S(=O)(=O)CCc1ccccc1. The van der Waals surface area contributed by atoms with E-state index in [0.717, 1.165) is 18.4 Å². The molecule has 0 atom stereocenters. The van der Waals surface area contributed by atoms with Crippen LogP contribution in [0.25, 0.3) is 0 Å². The van der Waals surface area contributed by atoms with Gasteiger partial charge < -0.3 is 0 Å². The van der Waals surface area contributed by atoms with Gasteiger partial charge in [-0.2, -0.15) is 0 Å². The molecule has 0 aliphatic heterocycles. The molecule has 5 heteroatoms. The zero-order chi connectivity index (χ0) is 14.1. The van der Waals surface area contributed by atoms with Gasteiger partial charge in [0.15, 0.2) is 0 Å². The Morgan fingerprint density at radius 2 is 1.84 bits per heavy atom. The number of alkyl halides is 1. The Morgan fingerprint density at radius 1 is 1.16 bits per heavy atom. The van der Waals surface area contributed by atoms with Crippen LogP contribution >= 0.6 is 15.9 Å². The van der Waals surface area contributed by atoms with Crippen LogP contribution < -0.4 is 0 Å². The molecular weight excluding hydrogens is 326 g/mol. The van der Waals surface area contributed by atoms with Crippen molar-refractivity contribution in [3.05, 3.63) is 35.9 Å². The summed E-state index contributed by atoms with van der Waals surface area (Å²) in [5.41, 5.74) is 1.07. The molecule has 19 heavy (non-hydrogen) atoms. The molecule has 0 aliphatic rings. The average Bonchev–Trinajstić information content (AvgIpc) is 2.42. The highest BCUT2D eigenvalue weighted by Gasteiger charge is 2.20. The highest BCUT2D eigenvalue weighted by atomic mass is 79.9. The largest absolute Gasteiger partial charge is 0.214 e. The number of aryl methyl sites for hydroxylation is 1. The van der Waals surface area contributed by atoms with E-state index >= 15 is 0 Å². The summed E-state index contributed by atoms with van der Waals surface area (Å²) in [6.45, 7) is 3.25. The van der Waals surface area contributed by atoms with Crippen molar-refractivity contribution in [1.29, 1.82) is 0 Å². The van der Waals surface area contributed by atoms with E-state index < -0.39 is 10.0 Å². The van der Waals surface area contributed by atoms with Crippen LogP contribution in [0, 0.1) is 0 Å². The van der Waals surface area contributed by atoms with Gasteiger partial charge in [0.2, 0.25) is 10.0 Å². The van der Waals surface area contributed by atoms with Crippen molar-refractivity contribution in [2.75, 3.05) is 24.2 Å². The number of rotatable bonds is 9. The van der Waals surface area contributed by atoms with Crippen molar-refractivity contribution in [3.8, 4) is 0 Å². The first-order valence-corrected chi connectivity index (χ1v) is 9.41. The fourth-order valence-electron chi connectivity index (χ4n) is 1.84. The minimum atomic E-state index is -3.15. The summed E-state index contributed by atoms with van der Waals surface area (Å²) in [6, 6.07) is 9.76. The van der Waals surface area contributed by atoms with Gasteiger partial charge >= 0.3 is 0 Å². The number of sulfonamides is 1. The second-order valence-corrected chi connectivity index (χ2v) is 7.37. The van der Waals surface area contributed by atoms with Gasteiger partial charge in [0, 0.05) is 18.4 Å². The maximum Gasteiger partial charge on any atom is 0.214 e. The minimum absolute atomic E-state index is 0.188. The van der Waals surface area contributed by atoms with Crippen molar-refractivity contribution in [2.45, 2.75) is 26.2 Å². The molecule has 0 unspecified atom stereocenters. The molecule has 0 amide bonds. The number of unbranched alkanes of at least 4 members (excludes halogenated alkanes) is 1. The fourth-order valence-corrected chi connectivity index (χ4v) is 4.03. The Hall–Kier alpha value is -0.390. The van der Waals surface area contributed by atoms with Gasteiger partial charge in [-0.05, 0) is 18.4 Å². The van der Waals surface area contributed by atoms with Crippen LogP contribution in [0.5, 0.6) is 0 Å². The molecule has 0 fully saturated rings. The third kappa shape index (κ3) is 6.06. The Morgan fingerprint density at radius 3 is 2.42 bits per heavy atom. The van der Waals surface area contributed by atoms with Gasteiger partial charge in [-0.25, -0.2) is 12.7 Å². The molecule has 1 aromatic carbocycles. The Balaban J connectivity index is 2.61. The monoisotopic (exact) mass is 347 g/mol. The second kappa shape index (κ2) is 8.72. The van der Waals surface area contributed by atoms with Crippen molar-refractivity contribution in [2.24, 2.45) is 0 Å². The van der Waals surface area contributed by atoms with E-state index in [1.54, 1.807) is 4.31 Å². The number of hydrogen-bond donors (Lipinski definition) is 0. The highest BCUT2D eigenvalue weighted by molar-refractivity contribution is 9.09. The van der Waals surface area contributed by atoms with Gasteiger partial charge in [0.05, 0.1) is 5.75 Å². The van der Waals surface area contributed by atoms with Crippen molar-refractivity contribution in [3.63, 3.8) is 0 Å². The summed E-state index contributed by atoms with van der Waals surface area (Å²) in [6.07, 6.45) is 2.50. The van der Waals surface area contributed by atoms with Gasteiger partial charge in [0.1, 0.15) is 0 Å². The Kier molecular flexibility index (Phi) is 7.64. The van der Waals surface area contributed by atoms with Crippen LogP contribution in [0.4, 0.5) is 0 Å². The summed E-state index contributed by atoms with van der Waals surface area (Å²) in [5.74, 6) is 0.188. The van der Waals surface area contributed by atoms with E-state index in [9.17, 15) is 8.42 Å². The zero-order valence-corrected chi connectivity index (χ0v) is 13.8. The first kappa shape index (κ1) is 16.7. The average molecular weight is 348 g/mol. The summed E-state index contributed by atoms with van der Waals surface area (Å²) in [7, 11) is -3.15. The molecular formula is C14H22BrNO2S. The van der Waals surface area contributed by atoms with Crippen LogP contribution in [0.15, 0.2) is 30.3 Å². The lowest BCUT2D eigenvalue weighted by molar-refractivity contribution is 0.422. The molecule has 108 valence electrons. The zero-order valence-electron chi connectivity index (χ0n) is 11.4. The van der Waals surface area contributed by atoms with Gasteiger partial charge in [-0.3, -0.25) is 0 Å². The summed E-state index contributed by atoms with van der Waals surface area (Å²) in [5, 5.41) is 0.682. The van der Waals surface area contributed by atoms with Gasteiger partial charge in [-0.15, -0.1) is 0 Å². The van der Waals surface area contributed by atoms with Crippen LogP contribution in [-0.4, -0.2) is 36.9 Å². The van der Waals surface area contributed by atoms with E-state index in [1.807, 2.05) is 30.3 Å². The molecule has 3 nitrogen and oxygen atoms in total. The Bertz CT molecular complexity index is 448. The van der Waals surface area contributed by atoms with Crippen LogP contribution in [0.1, 0.15) is 25.3 Å². The molecule has 0 heterocycles. The van der Waals surface area contributed by atoms with Crippen LogP contribution in [0.3, 0.4) is 0 Å².